The van der Waals surface area contributed by atoms with Gasteiger partial charge < -0.3 is 5.32 Å². The molecule has 1 aromatic carbocycles. The maximum absolute atomic E-state index is 11.9. The maximum Gasteiger partial charge on any atom is 0.234 e. The van der Waals surface area contributed by atoms with Gasteiger partial charge in [-0.15, -0.1) is 0 Å². The summed E-state index contributed by atoms with van der Waals surface area (Å²) < 4.78 is 0. The molecule has 0 fully saturated rings. The van der Waals surface area contributed by atoms with Crippen molar-refractivity contribution < 1.29 is 14.9 Å². The van der Waals surface area contributed by atoms with E-state index in [1.807, 2.05) is 24.3 Å². The van der Waals surface area contributed by atoms with Gasteiger partial charge in [-0.25, -0.2) is 4.89 Å². The van der Waals surface area contributed by atoms with Crippen LogP contribution in [0.15, 0.2) is 24.3 Å². The van der Waals surface area contributed by atoms with Crippen LogP contribution in [0.25, 0.3) is 0 Å². The zero-order valence-electron chi connectivity index (χ0n) is 14.8. The number of thioether (sulfide) groups is 1. The van der Waals surface area contributed by atoms with Crippen molar-refractivity contribution in [3.8, 4) is 0 Å². The number of nitrogens with one attached hydrogen (secondary N) is 1. The molecule has 136 valence electrons. The van der Waals surface area contributed by atoms with Crippen LogP contribution in [0.3, 0.4) is 0 Å². The maximum atomic E-state index is 11.9. The highest BCUT2D eigenvalue weighted by atomic mass is 32.2. The topological polar surface area (TPSA) is 58.6 Å². The second-order valence-corrected chi connectivity index (χ2v) is 7.15. The molecule has 1 aromatic rings. The van der Waals surface area contributed by atoms with E-state index in [0.29, 0.717) is 5.75 Å². The molecule has 0 aliphatic rings. The molecule has 4 nitrogen and oxygen atoms in total. The normalized spacial score (nSPS) is 10.8. The number of unbranched alkanes of at least 4 members (excludes halogenated alkanes) is 7. The van der Waals surface area contributed by atoms with Gasteiger partial charge >= 0.3 is 0 Å². The third-order valence-electron chi connectivity index (χ3n) is 3.84. The number of benzene rings is 1. The Kier molecular flexibility index (Phi) is 12.5. The van der Waals surface area contributed by atoms with E-state index in [4.69, 9.17) is 5.26 Å². The quantitative estimate of drug-likeness (QED) is 0.264. The van der Waals surface area contributed by atoms with Gasteiger partial charge in [0.25, 0.3) is 0 Å². The predicted molar refractivity (Wildman–Crippen MR) is 102 cm³/mol. The average Bonchev–Trinajstić information content (AvgIpc) is 2.58. The predicted octanol–water partition coefficient (Wildman–Crippen LogP) is 5.49. The van der Waals surface area contributed by atoms with Gasteiger partial charge in [-0.3, -0.25) is 10.1 Å². The number of hydrogen-bond acceptors (Lipinski definition) is 4. The van der Waals surface area contributed by atoms with Crippen molar-refractivity contribution in [2.75, 3.05) is 16.8 Å². The van der Waals surface area contributed by atoms with Crippen molar-refractivity contribution in [3.63, 3.8) is 0 Å². The van der Waals surface area contributed by atoms with Gasteiger partial charge in [0.15, 0.2) is 0 Å². The Morgan fingerprint density at radius 2 is 1.67 bits per heavy atom. The fourth-order valence-corrected chi connectivity index (χ4v) is 3.27. The third kappa shape index (κ3) is 10.7. The lowest BCUT2D eigenvalue weighted by atomic mass is 10.1. The summed E-state index contributed by atoms with van der Waals surface area (Å²) >= 11 is 1.70. The van der Waals surface area contributed by atoms with E-state index >= 15 is 0 Å². The van der Waals surface area contributed by atoms with Gasteiger partial charge in [0, 0.05) is 5.69 Å². The minimum absolute atomic E-state index is 0.0331. The first kappa shape index (κ1) is 21.0. The first-order chi connectivity index (χ1) is 11.8. The van der Waals surface area contributed by atoms with E-state index in [0.717, 1.165) is 17.0 Å². The molecular formula is C19H31NO3S. The molecular weight excluding hydrogens is 322 g/mol. The summed E-state index contributed by atoms with van der Waals surface area (Å²) in [6.07, 6.45) is 10.6. The monoisotopic (exact) mass is 353 g/mol. The molecule has 0 unspecified atom stereocenters. The van der Waals surface area contributed by atoms with Crippen LogP contribution in [0.4, 0.5) is 5.69 Å². The lowest BCUT2D eigenvalue weighted by Crippen LogP contribution is -2.14. The van der Waals surface area contributed by atoms with Crippen molar-refractivity contribution >= 4 is 23.4 Å². The van der Waals surface area contributed by atoms with E-state index in [1.54, 1.807) is 11.8 Å². The van der Waals surface area contributed by atoms with Gasteiger partial charge in [-0.1, -0.05) is 64.0 Å². The Balaban J connectivity index is 2.00. The molecule has 24 heavy (non-hydrogen) atoms. The second-order valence-electron chi connectivity index (χ2n) is 6.05. The van der Waals surface area contributed by atoms with E-state index in [1.165, 1.54) is 51.4 Å². The van der Waals surface area contributed by atoms with Crippen LogP contribution in [0.1, 0.15) is 63.9 Å². The summed E-state index contributed by atoms with van der Waals surface area (Å²) in [4.78, 5) is 15.9. The fourth-order valence-electron chi connectivity index (χ4n) is 2.46. The standard InChI is InChI=1S/C19H31NO3S/c1-2-3-4-5-6-7-8-9-14-24-16-19(21)20-18-12-10-17(11-13-18)15-23-22/h10-13,22H,2-9,14-16H2,1H3,(H,20,21). The SMILES string of the molecule is CCCCCCCCCCSCC(=O)Nc1ccc(COO)cc1. The van der Waals surface area contributed by atoms with E-state index in [9.17, 15) is 4.79 Å². The first-order valence-electron chi connectivity index (χ1n) is 8.99. The van der Waals surface area contributed by atoms with Gasteiger partial charge in [0.1, 0.15) is 6.61 Å². The highest BCUT2D eigenvalue weighted by Crippen LogP contribution is 2.13. The summed E-state index contributed by atoms with van der Waals surface area (Å²) in [6, 6.07) is 7.27. The zero-order chi connectivity index (χ0) is 17.5. The Hall–Kier alpha value is -1.04. The molecule has 2 N–H and O–H groups in total. The van der Waals surface area contributed by atoms with Crippen molar-refractivity contribution in [1.29, 1.82) is 0 Å². The van der Waals surface area contributed by atoms with Crippen LogP contribution in [0, 0.1) is 0 Å². The molecule has 0 saturated carbocycles. The van der Waals surface area contributed by atoms with Crippen LogP contribution in [0.5, 0.6) is 0 Å². The first-order valence-corrected chi connectivity index (χ1v) is 10.1. The fraction of sp³-hybridized carbons (Fsp3) is 0.632. The molecule has 1 amide bonds. The molecule has 0 aliphatic heterocycles. The molecule has 0 saturated heterocycles. The Morgan fingerprint density at radius 3 is 2.29 bits per heavy atom. The molecule has 0 atom stereocenters. The Morgan fingerprint density at radius 1 is 1.04 bits per heavy atom. The Bertz CT molecular complexity index is 437. The number of anilines is 1. The summed E-state index contributed by atoms with van der Waals surface area (Å²) in [7, 11) is 0. The number of hydrogen-bond donors (Lipinski definition) is 2. The van der Waals surface area contributed by atoms with Crippen molar-refractivity contribution in [3.05, 3.63) is 29.8 Å². The van der Waals surface area contributed by atoms with Crippen LogP contribution < -0.4 is 5.32 Å². The highest BCUT2D eigenvalue weighted by Gasteiger charge is 2.03. The van der Waals surface area contributed by atoms with Crippen molar-refractivity contribution in [2.45, 2.75) is 64.9 Å². The van der Waals surface area contributed by atoms with Gasteiger partial charge in [0.05, 0.1) is 5.75 Å². The van der Waals surface area contributed by atoms with E-state index in [2.05, 4.69) is 17.1 Å². The van der Waals surface area contributed by atoms with Crippen LogP contribution >= 0.6 is 11.8 Å². The van der Waals surface area contributed by atoms with Crippen molar-refractivity contribution in [1.82, 2.24) is 0 Å². The number of rotatable bonds is 14. The van der Waals surface area contributed by atoms with Gasteiger partial charge in [-0.05, 0) is 29.9 Å². The van der Waals surface area contributed by atoms with Crippen LogP contribution in [-0.2, 0) is 16.3 Å². The molecule has 0 radical (unpaired) electrons. The minimum Gasteiger partial charge on any atom is -0.325 e. The molecule has 0 aliphatic carbocycles. The number of carbonyl (C=O) groups is 1. The smallest absolute Gasteiger partial charge is 0.234 e. The summed E-state index contributed by atoms with van der Waals surface area (Å²) in [6.45, 7) is 2.40. The molecule has 5 heteroatoms. The number of amides is 1. The van der Waals surface area contributed by atoms with Gasteiger partial charge in [0.2, 0.25) is 5.91 Å². The van der Waals surface area contributed by atoms with E-state index in [-0.39, 0.29) is 12.5 Å². The highest BCUT2D eigenvalue weighted by molar-refractivity contribution is 7.99. The minimum atomic E-state index is 0.0331. The van der Waals surface area contributed by atoms with Gasteiger partial charge in [-0.2, -0.15) is 11.8 Å². The number of carbonyl (C=O) groups excluding carboxylic acids is 1. The molecule has 0 spiro atoms. The lowest BCUT2D eigenvalue weighted by Gasteiger charge is -2.06. The van der Waals surface area contributed by atoms with Crippen molar-refractivity contribution in [2.24, 2.45) is 0 Å². The molecule has 0 heterocycles. The molecule has 0 bridgehead atoms. The summed E-state index contributed by atoms with van der Waals surface area (Å²) in [5.41, 5.74) is 1.63. The summed E-state index contributed by atoms with van der Waals surface area (Å²) in [5, 5.41) is 11.3. The Labute approximate surface area is 150 Å². The van der Waals surface area contributed by atoms with Crippen LogP contribution in [-0.4, -0.2) is 22.7 Å². The molecule has 1 rings (SSSR count). The van der Waals surface area contributed by atoms with Crippen LogP contribution in [0.2, 0.25) is 0 Å². The summed E-state index contributed by atoms with van der Waals surface area (Å²) in [5.74, 6) is 1.58. The lowest BCUT2D eigenvalue weighted by molar-refractivity contribution is -0.253. The second kappa shape index (κ2) is 14.3. The van der Waals surface area contributed by atoms with E-state index < -0.39 is 0 Å². The molecule has 0 aromatic heterocycles. The zero-order valence-corrected chi connectivity index (χ0v) is 15.6. The largest absolute Gasteiger partial charge is 0.325 e. The third-order valence-corrected chi connectivity index (χ3v) is 4.89. The average molecular weight is 354 g/mol.